The Morgan fingerprint density at radius 3 is 2.94 bits per heavy atom. The van der Waals surface area contributed by atoms with Crippen LogP contribution in [0, 0.1) is 11.7 Å². The number of nitrogens with one attached hydrogen (secondary N) is 1. The summed E-state index contributed by atoms with van der Waals surface area (Å²) in [6, 6.07) is 1.12. The molecule has 0 aliphatic carbocycles. The van der Waals surface area contributed by atoms with E-state index in [1.807, 2.05) is 0 Å². The number of carboxylic acids is 1. The lowest BCUT2D eigenvalue weighted by Gasteiger charge is -2.13. The second-order valence-electron chi connectivity index (χ2n) is 3.91. The van der Waals surface area contributed by atoms with Crippen molar-refractivity contribution in [2.45, 2.75) is 5.92 Å². The average Bonchev–Trinajstić information content (AvgIpc) is 2.70. The largest absolute Gasteiger partial charge is 0.495 e. The first kappa shape index (κ1) is 12.3. The van der Waals surface area contributed by atoms with Gasteiger partial charge >= 0.3 is 5.97 Å². The van der Waals surface area contributed by atoms with Gasteiger partial charge in [-0.1, -0.05) is 0 Å². The topological polar surface area (TPSA) is 88.5 Å². The molecule has 18 heavy (non-hydrogen) atoms. The van der Waals surface area contributed by atoms with E-state index < -0.39 is 29.5 Å². The highest BCUT2D eigenvalue weighted by Gasteiger charge is 2.43. The number of methoxy groups -OCH3 is 1. The van der Waals surface area contributed by atoms with Crippen LogP contribution in [0.1, 0.15) is 11.6 Å². The van der Waals surface area contributed by atoms with Gasteiger partial charge in [0.2, 0.25) is 5.91 Å². The van der Waals surface area contributed by atoms with Gasteiger partial charge in [-0.25, -0.2) is 4.39 Å². The minimum absolute atomic E-state index is 0.0402. The van der Waals surface area contributed by atoms with E-state index in [-0.39, 0.29) is 18.0 Å². The Morgan fingerprint density at radius 2 is 2.39 bits per heavy atom. The summed E-state index contributed by atoms with van der Waals surface area (Å²) in [6.45, 7) is 0.0616. The van der Waals surface area contributed by atoms with E-state index >= 15 is 0 Å². The quantitative estimate of drug-likeness (QED) is 0.749. The van der Waals surface area contributed by atoms with Crippen molar-refractivity contribution in [2.24, 2.45) is 5.92 Å². The Bertz CT molecular complexity index is 506. The molecule has 2 atom stereocenters. The highest BCUT2D eigenvalue weighted by molar-refractivity contribution is 5.99. The van der Waals surface area contributed by atoms with Crippen molar-refractivity contribution in [1.82, 2.24) is 10.3 Å². The third-order valence-electron chi connectivity index (χ3n) is 2.88. The van der Waals surface area contributed by atoms with Gasteiger partial charge in [-0.15, -0.1) is 0 Å². The van der Waals surface area contributed by atoms with E-state index in [4.69, 9.17) is 9.84 Å². The van der Waals surface area contributed by atoms with Gasteiger partial charge in [0.1, 0.15) is 17.5 Å². The van der Waals surface area contributed by atoms with Crippen LogP contribution in [0.2, 0.25) is 0 Å². The predicted molar refractivity (Wildman–Crippen MR) is 57.6 cm³/mol. The molecule has 0 aromatic carbocycles. The molecular weight excluding hydrogens is 243 g/mol. The second kappa shape index (κ2) is 4.59. The number of halogens is 1. The molecule has 2 heterocycles. The number of ether oxygens (including phenoxy) is 1. The summed E-state index contributed by atoms with van der Waals surface area (Å²) in [7, 11) is 1.37. The fraction of sp³-hybridized carbons (Fsp3) is 0.364. The van der Waals surface area contributed by atoms with Crippen molar-refractivity contribution in [1.29, 1.82) is 0 Å². The van der Waals surface area contributed by atoms with Crippen LogP contribution in [0.4, 0.5) is 4.39 Å². The lowest BCUT2D eigenvalue weighted by Crippen LogP contribution is -2.27. The van der Waals surface area contributed by atoms with Crippen LogP contribution in [-0.4, -0.2) is 35.6 Å². The molecule has 1 aromatic rings. The van der Waals surface area contributed by atoms with Crippen LogP contribution in [-0.2, 0) is 9.59 Å². The first-order valence-corrected chi connectivity index (χ1v) is 5.24. The summed E-state index contributed by atoms with van der Waals surface area (Å²) in [6.07, 6.45) is 1.29. The summed E-state index contributed by atoms with van der Waals surface area (Å²) in [5.41, 5.74) is -0.0402. The molecular formula is C11H11FN2O4. The standard InChI is InChI=1S/C11H11FN2O4/c1-18-5-2-7(12)9(13-3-5)6-4-14-10(15)8(6)11(16)17/h2-3,6,8H,4H2,1H3,(H,14,15)(H,16,17)/t6-,8+/m1/s1. The van der Waals surface area contributed by atoms with Crippen molar-refractivity contribution >= 4 is 11.9 Å². The molecule has 0 unspecified atom stereocenters. The number of hydrogen-bond donors (Lipinski definition) is 2. The second-order valence-corrected chi connectivity index (χ2v) is 3.91. The maximum Gasteiger partial charge on any atom is 0.316 e. The number of aliphatic carboxylic acids is 1. The van der Waals surface area contributed by atoms with Crippen LogP contribution >= 0.6 is 0 Å². The van der Waals surface area contributed by atoms with E-state index in [9.17, 15) is 14.0 Å². The Hall–Kier alpha value is -2.18. The number of amides is 1. The number of rotatable bonds is 3. The number of carbonyl (C=O) groups is 2. The first-order valence-electron chi connectivity index (χ1n) is 5.24. The van der Waals surface area contributed by atoms with Crippen LogP contribution in [0.15, 0.2) is 12.3 Å². The van der Waals surface area contributed by atoms with Gasteiger partial charge < -0.3 is 15.2 Å². The molecule has 0 saturated carbocycles. The van der Waals surface area contributed by atoms with Gasteiger partial charge in [0.25, 0.3) is 0 Å². The Labute approximate surface area is 102 Å². The van der Waals surface area contributed by atoms with E-state index in [2.05, 4.69) is 10.3 Å². The molecule has 2 N–H and O–H groups in total. The molecule has 0 radical (unpaired) electrons. The molecule has 1 aliphatic rings. The molecule has 1 aliphatic heterocycles. The van der Waals surface area contributed by atoms with Crippen LogP contribution in [0.3, 0.4) is 0 Å². The summed E-state index contributed by atoms with van der Waals surface area (Å²) in [5.74, 6) is -4.46. The predicted octanol–water partition coefficient (Wildman–Crippen LogP) is 0.143. The average molecular weight is 254 g/mol. The normalized spacial score (nSPS) is 22.7. The zero-order chi connectivity index (χ0) is 13.3. The molecule has 0 spiro atoms. The summed E-state index contributed by atoms with van der Waals surface area (Å²) in [4.78, 5) is 26.2. The van der Waals surface area contributed by atoms with Gasteiger partial charge in [-0.05, 0) is 0 Å². The number of aromatic nitrogens is 1. The molecule has 1 saturated heterocycles. The zero-order valence-electron chi connectivity index (χ0n) is 9.51. The van der Waals surface area contributed by atoms with E-state index in [1.54, 1.807) is 0 Å². The van der Waals surface area contributed by atoms with Gasteiger partial charge in [0, 0.05) is 18.5 Å². The molecule has 2 rings (SSSR count). The highest BCUT2D eigenvalue weighted by atomic mass is 19.1. The molecule has 96 valence electrons. The van der Waals surface area contributed by atoms with Crippen LogP contribution < -0.4 is 10.1 Å². The lowest BCUT2D eigenvalue weighted by molar-refractivity contribution is -0.145. The monoisotopic (exact) mass is 254 g/mol. The SMILES string of the molecule is COc1cnc([C@@H]2CNC(=O)[C@H]2C(=O)O)c(F)c1. The van der Waals surface area contributed by atoms with Gasteiger partial charge in [-0.2, -0.15) is 0 Å². The van der Waals surface area contributed by atoms with Crippen LogP contribution in [0.25, 0.3) is 0 Å². The van der Waals surface area contributed by atoms with Gasteiger partial charge in [0.15, 0.2) is 0 Å². The van der Waals surface area contributed by atoms with Crippen molar-refractivity contribution < 1.29 is 23.8 Å². The number of carboxylic acid groups (broad SMARTS) is 1. The maximum absolute atomic E-state index is 13.8. The lowest BCUT2D eigenvalue weighted by atomic mass is 9.92. The van der Waals surface area contributed by atoms with Crippen molar-refractivity contribution in [3.8, 4) is 5.75 Å². The highest BCUT2D eigenvalue weighted by Crippen LogP contribution is 2.30. The minimum Gasteiger partial charge on any atom is -0.495 e. The molecule has 1 aromatic heterocycles. The third kappa shape index (κ3) is 1.99. The van der Waals surface area contributed by atoms with Gasteiger partial charge in [0.05, 0.1) is 19.0 Å². The van der Waals surface area contributed by atoms with Gasteiger partial charge in [-0.3, -0.25) is 14.6 Å². The Morgan fingerprint density at radius 1 is 1.67 bits per heavy atom. The minimum atomic E-state index is -1.31. The van der Waals surface area contributed by atoms with E-state index in [1.165, 1.54) is 13.3 Å². The summed E-state index contributed by atoms with van der Waals surface area (Å²) >= 11 is 0. The summed E-state index contributed by atoms with van der Waals surface area (Å²) in [5, 5.41) is 11.4. The molecule has 1 amide bonds. The first-order chi connectivity index (χ1) is 8.54. The third-order valence-corrected chi connectivity index (χ3v) is 2.88. The number of hydrogen-bond acceptors (Lipinski definition) is 4. The maximum atomic E-state index is 13.8. The molecule has 0 bridgehead atoms. The van der Waals surface area contributed by atoms with E-state index in [0.29, 0.717) is 0 Å². The van der Waals surface area contributed by atoms with Crippen molar-refractivity contribution in [3.05, 3.63) is 23.8 Å². The number of pyridine rings is 1. The van der Waals surface area contributed by atoms with E-state index in [0.717, 1.165) is 6.07 Å². The fourth-order valence-corrected chi connectivity index (χ4v) is 1.98. The Balaban J connectivity index is 2.36. The fourth-order valence-electron chi connectivity index (χ4n) is 1.98. The smallest absolute Gasteiger partial charge is 0.316 e. The Kier molecular flexibility index (Phi) is 3.14. The molecule has 7 heteroatoms. The summed E-state index contributed by atoms with van der Waals surface area (Å²) < 4.78 is 18.6. The van der Waals surface area contributed by atoms with Crippen molar-refractivity contribution in [2.75, 3.05) is 13.7 Å². The van der Waals surface area contributed by atoms with Crippen LogP contribution in [0.5, 0.6) is 5.75 Å². The zero-order valence-corrected chi connectivity index (χ0v) is 9.51. The number of carbonyl (C=O) groups excluding carboxylic acids is 1. The molecule has 1 fully saturated rings. The number of nitrogens with zero attached hydrogens (tertiary/aromatic N) is 1. The van der Waals surface area contributed by atoms with Crippen molar-refractivity contribution in [3.63, 3.8) is 0 Å². The molecule has 6 nitrogen and oxygen atoms in total.